The van der Waals surface area contributed by atoms with Crippen molar-refractivity contribution >= 4 is 29.3 Å². The molecule has 1 heterocycles. The molecule has 0 fully saturated rings. The first kappa shape index (κ1) is 21.5. The average Bonchev–Trinajstić information content (AvgIpc) is 3.35. The van der Waals surface area contributed by atoms with E-state index in [-0.39, 0.29) is 11.7 Å². The highest BCUT2D eigenvalue weighted by Gasteiger charge is 2.12. The number of esters is 1. The van der Waals surface area contributed by atoms with Crippen LogP contribution in [0.2, 0.25) is 0 Å². The predicted octanol–water partition coefficient (Wildman–Crippen LogP) is 6.35. The Kier molecular flexibility index (Phi) is 6.72. The number of nitrogens with one attached hydrogen (secondary N) is 1. The highest BCUT2D eigenvalue weighted by atomic mass is 32.2. The number of hydrogen-bond acceptors (Lipinski definition) is 5. The molecule has 32 heavy (non-hydrogen) atoms. The highest BCUT2D eigenvalue weighted by molar-refractivity contribution is 7.98. The van der Waals surface area contributed by atoms with Gasteiger partial charge in [-0.25, -0.2) is 4.79 Å². The monoisotopic (exact) mass is 443 g/mol. The number of amides is 1. The maximum atomic E-state index is 12.5. The third-order valence-corrected chi connectivity index (χ3v) is 5.75. The molecule has 160 valence electrons. The zero-order valence-electron chi connectivity index (χ0n) is 17.4. The van der Waals surface area contributed by atoms with Crippen molar-refractivity contribution in [3.05, 3.63) is 114 Å². The fraction of sp³-hybridized carbons (Fsp3) is 0.0769. The molecule has 1 N–H and O–H groups in total. The lowest BCUT2D eigenvalue weighted by atomic mass is 10.1. The van der Waals surface area contributed by atoms with Crippen LogP contribution in [0.4, 0.5) is 5.69 Å². The van der Waals surface area contributed by atoms with Crippen molar-refractivity contribution in [2.75, 3.05) is 5.32 Å². The minimum absolute atomic E-state index is 0.202. The summed E-state index contributed by atoms with van der Waals surface area (Å²) in [7, 11) is 0. The molecule has 1 aromatic heterocycles. The zero-order chi connectivity index (χ0) is 22.3. The van der Waals surface area contributed by atoms with E-state index >= 15 is 0 Å². The Balaban J connectivity index is 1.34. The third-order valence-electron chi connectivity index (χ3n) is 4.66. The van der Waals surface area contributed by atoms with Crippen LogP contribution in [0.25, 0.3) is 0 Å². The second kappa shape index (κ2) is 10.0. The summed E-state index contributed by atoms with van der Waals surface area (Å²) in [6.45, 7) is 2.07. The minimum atomic E-state index is -0.461. The van der Waals surface area contributed by atoms with Gasteiger partial charge in [-0.1, -0.05) is 35.9 Å². The molecule has 0 unspecified atom stereocenters. The molecule has 6 heteroatoms. The molecule has 0 aliphatic heterocycles. The maximum absolute atomic E-state index is 12.5. The van der Waals surface area contributed by atoms with Crippen LogP contribution >= 0.6 is 11.8 Å². The van der Waals surface area contributed by atoms with Crippen LogP contribution in [-0.2, 0) is 5.75 Å². The van der Waals surface area contributed by atoms with Crippen LogP contribution in [0.15, 0.2) is 101 Å². The van der Waals surface area contributed by atoms with E-state index in [0.29, 0.717) is 17.0 Å². The molecule has 0 radical (unpaired) electrons. The standard InChI is InChI=1S/C26H21NO4S/c1-18-7-13-23(14-8-18)32-17-19-9-11-20(12-10-19)26(29)31-22-5-2-4-21(16-22)27-25(28)24-6-3-15-30-24/h2-16H,17H2,1H3,(H,27,28). The largest absolute Gasteiger partial charge is 0.459 e. The number of aryl methyl sites for hydroxylation is 1. The molecule has 0 bridgehead atoms. The van der Waals surface area contributed by atoms with E-state index in [0.717, 1.165) is 11.3 Å². The van der Waals surface area contributed by atoms with E-state index in [4.69, 9.17) is 9.15 Å². The van der Waals surface area contributed by atoms with Gasteiger partial charge < -0.3 is 14.5 Å². The van der Waals surface area contributed by atoms with Crippen molar-refractivity contribution in [3.8, 4) is 5.75 Å². The quantitative estimate of drug-likeness (QED) is 0.205. The normalized spacial score (nSPS) is 10.5. The molecule has 0 aliphatic rings. The van der Waals surface area contributed by atoms with Gasteiger partial charge in [0.05, 0.1) is 11.8 Å². The number of benzene rings is 3. The van der Waals surface area contributed by atoms with Crippen molar-refractivity contribution in [1.29, 1.82) is 0 Å². The lowest BCUT2D eigenvalue weighted by molar-refractivity contribution is 0.0735. The molecule has 0 spiro atoms. The van der Waals surface area contributed by atoms with Crippen molar-refractivity contribution in [2.24, 2.45) is 0 Å². The average molecular weight is 444 g/mol. The topological polar surface area (TPSA) is 68.5 Å². The van der Waals surface area contributed by atoms with Gasteiger partial charge in [0.2, 0.25) is 0 Å². The van der Waals surface area contributed by atoms with Gasteiger partial charge in [-0.15, -0.1) is 11.8 Å². The molecule has 4 rings (SSSR count). The number of anilines is 1. The second-order valence-corrected chi connectivity index (χ2v) is 8.20. The number of thioether (sulfide) groups is 1. The van der Waals surface area contributed by atoms with Crippen LogP contribution in [0.1, 0.15) is 32.0 Å². The van der Waals surface area contributed by atoms with Gasteiger partial charge in [0, 0.05) is 22.4 Å². The number of carbonyl (C=O) groups is 2. The minimum Gasteiger partial charge on any atom is -0.459 e. The number of furan rings is 1. The van der Waals surface area contributed by atoms with Gasteiger partial charge in [-0.3, -0.25) is 4.79 Å². The van der Waals surface area contributed by atoms with Crippen molar-refractivity contribution in [2.45, 2.75) is 17.6 Å². The molecule has 5 nitrogen and oxygen atoms in total. The second-order valence-electron chi connectivity index (χ2n) is 7.15. The summed E-state index contributed by atoms with van der Waals surface area (Å²) >= 11 is 1.75. The molecular weight excluding hydrogens is 422 g/mol. The van der Waals surface area contributed by atoms with Gasteiger partial charge in [0.15, 0.2) is 5.76 Å². The van der Waals surface area contributed by atoms with Gasteiger partial charge in [-0.05, 0) is 61.0 Å². The smallest absolute Gasteiger partial charge is 0.343 e. The summed E-state index contributed by atoms with van der Waals surface area (Å²) in [5.74, 6) is 0.518. The fourth-order valence-corrected chi connectivity index (χ4v) is 3.80. The molecule has 3 aromatic carbocycles. The van der Waals surface area contributed by atoms with E-state index in [1.807, 2.05) is 12.1 Å². The first-order valence-corrected chi connectivity index (χ1v) is 11.0. The third kappa shape index (κ3) is 5.68. The van der Waals surface area contributed by atoms with Gasteiger partial charge in [0.1, 0.15) is 5.75 Å². The van der Waals surface area contributed by atoms with Crippen LogP contribution < -0.4 is 10.1 Å². The molecule has 0 atom stereocenters. The fourth-order valence-electron chi connectivity index (χ4n) is 2.94. The summed E-state index contributed by atoms with van der Waals surface area (Å²) in [5.41, 5.74) is 3.32. The molecule has 4 aromatic rings. The lowest BCUT2D eigenvalue weighted by Gasteiger charge is -2.08. The summed E-state index contributed by atoms with van der Waals surface area (Å²) in [6.07, 6.45) is 1.43. The van der Waals surface area contributed by atoms with Crippen molar-refractivity contribution in [3.63, 3.8) is 0 Å². The molecule has 0 aliphatic carbocycles. The summed E-state index contributed by atoms with van der Waals surface area (Å²) in [4.78, 5) is 25.8. The van der Waals surface area contributed by atoms with Gasteiger partial charge in [0.25, 0.3) is 5.91 Å². The van der Waals surface area contributed by atoms with E-state index in [1.165, 1.54) is 16.7 Å². The Morgan fingerprint density at radius 1 is 0.938 bits per heavy atom. The molecular formula is C26H21NO4S. The molecule has 0 saturated carbocycles. The van der Waals surface area contributed by atoms with E-state index in [9.17, 15) is 9.59 Å². The van der Waals surface area contributed by atoms with Crippen LogP contribution in [0.5, 0.6) is 5.75 Å². The zero-order valence-corrected chi connectivity index (χ0v) is 18.2. The Morgan fingerprint density at radius 3 is 2.44 bits per heavy atom. The van der Waals surface area contributed by atoms with Crippen LogP contribution in [-0.4, -0.2) is 11.9 Å². The van der Waals surface area contributed by atoms with Gasteiger partial charge in [-0.2, -0.15) is 0 Å². The van der Waals surface area contributed by atoms with E-state index in [1.54, 1.807) is 60.3 Å². The maximum Gasteiger partial charge on any atom is 0.343 e. The number of carbonyl (C=O) groups excluding carboxylic acids is 2. The van der Waals surface area contributed by atoms with Crippen molar-refractivity contribution in [1.82, 2.24) is 0 Å². The number of ether oxygens (including phenoxy) is 1. The predicted molar refractivity (Wildman–Crippen MR) is 125 cm³/mol. The Bertz CT molecular complexity index is 1200. The summed E-state index contributed by atoms with van der Waals surface area (Å²) in [6, 6.07) is 25.7. The Labute approximate surface area is 190 Å². The van der Waals surface area contributed by atoms with E-state index in [2.05, 4.69) is 36.5 Å². The van der Waals surface area contributed by atoms with E-state index < -0.39 is 5.97 Å². The summed E-state index contributed by atoms with van der Waals surface area (Å²) in [5, 5.41) is 2.71. The van der Waals surface area contributed by atoms with Crippen LogP contribution in [0, 0.1) is 6.92 Å². The SMILES string of the molecule is Cc1ccc(SCc2ccc(C(=O)Oc3cccc(NC(=O)c4ccco4)c3)cc2)cc1. The lowest BCUT2D eigenvalue weighted by Crippen LogP contribution is -2.12. The first-order valence-electron chi connectivity index (χ1n) is 10.0. The summed E-state index contributed by atoms with van der Waals surface area (Å²) < 4.78 is 10.6. The number of hydrogen-bond donors (Lipinski definition) is 1. The van der Waals surface area contributed by atoms with Crippen molar-refractivity contribution < 1.29 is 18.7 Å². The van der Waals surface area contributed by atoms with Gasteiger partial charge >= 0.3 is 5.97 Å². The van der Waals surface area contributed by atoms with Crippen LogP contribution in [0.3, 0.4) is 0 Å². The molecule has 1 amide bonds. The number of rotatable bonds is 7. The first-order chi connectivity index (χ1) is 15.6. The Hall–Kier alpha value is -3.77. The highest BCUT2D eigenvalue weighted by Crippen LogP contribution is 2.24. The molecule has 0 saturated heterocycles. The Morgan fingerprint density at radius 2 is 1.72 bits per heavy atom.